The zero-order valence-corrected chi connectivity index (χ0v) is 13.0. The van der Waals surface area contributed by atoms with Gasteiger partial charge in [0.05, 0.1) is 6.33 Å². The summed E-state index contributed by atoms with van der Waals surface area (Å²) in [5, 5.41) is 3.37. The zero-order valence-electron chi connectivity index (χ0n) is 13.0. The highest BCUT2D eigenvalue weighted by molar-refractivity contribution is 5.79. The fourth-order valence-corrected chi connectivity index (χ4v) is 2.22. The minimum Gasteiger partial charge on any atom is -0.354 e. The molecule has 1 N–H and O–H groups in total. The summed E-state index contributed by atoms with van der Waals surface area (Å²) >= 11 is 0. The number of nitrogens with one attached hydrogen (secondary N) is 1. The van der Waals surface area contributed by atoms with Gasteiger partial charge >= 0.3 is 0 Å². The van der Waals surface area contributed by atoms with Gasteiger partial charge < -0.3 is 14.8 Å². The van der Waals surface area contributed by atoms with Crippen LogP contribution < -0.4 is 5.32 Å². The number of aromatic nitrogens is 2. The molecule has 1 aromatic carbocycles. The first-order valence-corrected chi connectivity index (χ1v) is 7.12. The number of benzene rings is 1. The minimum atomic E-state index is 0.821. The Morgan fingerprint density at radius 1 is 1.38 bits per heavy atom. The van der Waals surface area contributed by atoms with E-state index >= 15 is 0 Å². The van der Waals surface area contributed by atoms with Gasteiger partial charge in [-0.05, 0) is 18.1 Å². The molecular formula is C16H23N5. The molecule has 0 saturated heterocycles. The quantitative estimate of drug-likeness (QED) is 0.674. The van der Waals surface area contributed by atoms with E-state index in [2.05, 4.69) is 58.4 Å². The van der Waals surface area contributed by atoms with E-state index in [0.717, 1.165) is 25.6 Å². The standard InChI is InChI=1S/C16H23N5/c1-14-6-4-5-7-15(14)12-20(3)16(17-2)19-9-11-21-10-8-18-13-21/h4-8,10,13H,9,11-12H2,1-3H3,(H,17,19). The number of aryl methyl sites for hydroxylation is 1. The van der Waals surface area contributed by atoms with Gasteiger partial charge in [-0.2, -0.15) is 0 Å². The maximum absolute atomic E-state index is 4.34. The van der Waals surface area contributed by atoms with Crippen molar-refractivity contribution in [2.24, 2.45) is 4.99 Å². The van der Waals surface area contributed by atoms with Crippen LogP contribution in [0.4, 0.5) is 0 Å². The number of rotatable bonds is 5. The summed E-state index contributed by atoms with van der Waals surface area (Å²) in [5.74, 6) is 0.901. The molecule has 0 bridgehead atoms. The molecular weight excluding hydrogens is 262 g/mol. The number of imidazole rings is 1. The van der Waals surface area contributed by atoms with Crippen molar-refractivity contribution < 1.29 is 0 Å². The number of guanidine groups is 1. The molecule has 2 rings (SSSR count). The van der Waals surface area contributed by atoms with Gasteiger partial charge in [0.25, 0.3) is 0 Å². The molecule has 1 aromatic heterocycles. The molecule has 0 aliphatic heterocycles. The van der Waals surface area contributed by atoms with Crippen molar-refractivity contribution in [3.63, 3.8) is 0 Å². The molecule has 0 fully saturated rings. The largest absolute Gasteiger partial charge is 0.354 e. The van der Waals surface area contributed by atoms with Crippen molar-refractivity contribution in [3.8, 4) is 0 Å². The van der Waals surface area contributed by atoms with Crippen LogP contribution >= 0.6 is 0 Å². The highest BCUT2D eigenvalue weighted by Crippen LogP contribution is 2.09. The van der Waals surface area contributed by atoms with E-state index in [9.17, 15) is 0 Å². The second-order valence-electron chi connectivity index (χ2n) is 5.06. The van der Waals surface area contributed by atoms with Crippen LogP contribution in [0.2, 0.25) is 0 Å². The van der Waals surface area contributed by atoms with Crippen molar-refractivity contribution >= 4 is 5.96 Å². The normalized spacial score (nSPS) is 11.5. The smallest absolute Gasteiger partial charge is 0.193 e. The van der Waals surface area contributed by atoms with Gasteiger partial charge in [0, 0.05) is 46.1 Å². The lowest BCUT2D eigenvalue weighted by atomic mass is 10.1. The summed E-state index contributed by atoms with van der Waals surface area (Å²) in [5.41, 5.74) is 2.62. The highest BCUT2D eigenvalue weighted by Gasteiger charge is 2.07. The average Bonchev–Trinajstić information content (AvgIpc) is 2.99. The summed E-state index contributed by atoms with van der Waals surface area (Å²) in [6, 6.07) is 8.44. The lowest BCUT2D eigenvalue weighted by Crippen LogP contribution is -2.39. The first-order valence-electron chi connectivity index (χ1n) is 7.12. The van der Waals surface area contributed by atoms with Crippen LogP contribution in [-0.2, 0) is 13.1 Å². The summed E-state index contributed by atoms with van der Waals surface area (Å²) in [7, 11) is 3.87. The van der Waals surface area contributed by atoms with Gasteiger partial charge in [-0.1, -0.05) is 24.3 Å². The number of hydrogen-bond acceptors (Lipinski definition) is 2. The van der Waals surface area contributed by atoms with Crippen molar-refractivity contribution in [2.75, 3.05) is 20.6 Å². The SMILES string of the molecule is CN=C(NCCn1ccnc1)N(C)Cc1ccccc1C. The van der Waals surface area contributed by atoms with E-state index in [1.807, 2.05) is 24.1 Å². The molecule has 21 heavy (non-hydrogen) atoms. The molecule has 0 saturated carbocycles. The molecule has 2 aromatic rings. The number of nitrogens with zero attached hydrogens (tertiary/aromatic N) is 4. The van der Waals surface area contributed by atoms with Gasteiger partial charge in [-0.15, -0.1) is 0 Å². The van der Waals surface area contributed by atoms with Gasteiger partial charge in [0.2, 0.25) is 0 Å². The molecule has 0 atom stereocenters. The Hall–Kier alpha value is -2.30. The van der Waals surface area contributed by atoms with Crippen LogP contribution in [0.3, 0.4) is 0 Å². The van der Waals surface area contributed by atoms with Crippen LogP contribution in [0.1, 0.15) is 11.1 Å². The molecule has 0 aliphatic carbocycles. The van der Waals surface area contributed by atoms with Gasteiger partial charge in [-0.25, -0.2) is 4.98 Å². The minimum absolute atomic E-state index is 0.821. The Kier molecular flexibility index (Phi) is 5.37. The van der Waals surface area contributed by atoms with E-state index in [1.54, 1.807) is 6.20 Å². The predicted octanol–water partition coefficient (Wildman–Crippen LogP) is 1.90. The van der Waals surface area contributed by atoms with Crippen LogP contribution in [0.5, 0.6) is 0 Å². The van der Waals surface area contributed by atoms with Crippen molar-refractivity contribution in [3.05, 3.63) is 54.1 Å². The van der Waals surface area contributed by atoms with E-state index in [4.69, 9.17) is 0 Å². The topological polar surface area (TPSA) is 45.5 Å². The van der Waals surface area contributed by atoms with Gasteiger partial charge in [0.15, 0.2) is 5.96 Å². The molecule has 0 aliphatic rings. The van der Waals surface area contributed by atoms with Crippen molar-refractivity contribution in [1.29, 1.82) is 0 Å². The van der Waals surface area contributed by atoms with Crippen LogP contribution in [0, 0.1) is 6.92 Å². The Balaban J connectivity index is 1.87. The summed E-state index contributed by atoms with van der Waals surface area (Å²) in [6.07, 6.45) is 5.57. The number of aliphatic imine (C=N–C) groups is 1. The Bertz CT molecular complexity index is 574. The molecule has 5 nitrogen and oxygen atoms in total. The lowest BCUT2D eigenvalue weighted by molar-refractivity contribution is 0.472. The van der Waals surface area contributed by atoms with E-state index in [1.165, 1.54) is 11.1 Å². The first kappa shape index (κ1) is 15.1. The monoisotopic (exact) mass is 285 g/mol. The van der Waals surface area contributed by atoms with E-state index < -0.39 is 0 Å². The van der Waals surface area contributed by atoms with E-state index in [0.29, 0.717) is 0 Å². The number of hydrogen-bond donors (Lipinski definition) is 1. The first-order chi connectivity index (χ1) is 10.2. The summed E-state index contributed by atoms with van der Waals surface area (Å²) in [6.45, 7) is 4.67. The highest BCUT2D eigenvalue weighted by atomic mass is 15.3. The molecule has 112 valence electrons. The van der Waals surface area contributed by atoms with Crippen molar-refractivity contribution in [2.45, 2.75) is 20.0 Å². The third kappa shape index (κ3) is 4.34. The molecule has 0 amide bonds. The predicted molar refractivity (Wildman–Crippen MR) is 86.2 cm³/mol. The molecule has 0 radical (unpaired) electrons. The summed E-state index contributed by atoms with van der Waals surface area (Å²) in [4.78, 5) is 10.5. The Labute approximate surface area is 126 Å². The third-order valence-electron chi connectivity index (χ3n) is 3.45. The molecule has 0 unspecified atom stereocenters. The maximum atomic E-state index is 4.34. The van der Waals surface area contributed by atoms with Gasteiger partial charge in [0.1, 0.15) is 0 Å². The fraction of sp³-hybridized carbons (Fsp3) is 0.375. The average molecular weight is 285 g/mol. The van der Waals surface area contributed by atoms with Crippen LogP contribution in [-0.4, -0.2) is 41.1 Å². The lowest BCUT2D eigenvalue weighted by Gasteiger charge is -2.23. The zero-order chi connectivity index (χ0) is 15.1. The fourth-order valence-electron chi connectivity index (χ4n) is 2.22. The van der Waals surface area contributed by atoms with Crippen molar-refractivity contribution in [1.82, 2.24) is 19.8 Å². The van der Waals surface area contributed by atoms with Gasteiger partial charge in [-0.3, -0.25) is 4.99 Å². The molecule has 5 heteroatoms. The summed E-state index contributed by atoms with van der Waals surface area (Å²) < 4.78 is 2.04. The second kappa shape index (κ2) is 7.47. The molecule has 0 spiro atoms. The maximum Gasteiger partial charge on any atom is 0.193 e. The third-order valence-corrected chi connectivity index (χ3v) is 3.45. The van der Waals surface area contributed by atoms with E-state index in [-0.39, 0.29) is 0 Å². The Morgan fingerprint density at radius 2 is 2.19 bits per heavy atom. The Morgan fingerprint density at radius 3 is 2.86 bits per heavy atom. The van der Waals surface area contributed by atoms with Crippen LogP contribution in [0.15, 0.2) is 48.0 Å². The molecule has 1 heterocycles. The second-order valence-corrected chi connectivity index (χ2v) is 5.06. The van der Waals surface area contributed by atoms with Crippen LogP contribution in [0.25, 0.3) is 0 Å².